The Kier molecular flexibility index (Phi) is 16.6. The first kappa shape index (κ1) is 13.4. The molecule has 0 rings (SSSR count). The van der Waals surface area contributed by atoms with Gasteiger partial charge >= 0.3 is 18.9 Å². The molecule has 0 aliphatic heterocycles. The summed E-state index contributed by atoms with van der Waals surface area (Å²) >= 11 is 0. The van der Waals surface area contributed by atoms with Crippen LogP contribution in [0.4, 0.5) is 0 Å². The molecule has 0 amide bonds. The summed E-state index contributed by atoms with van der Waals surface area (Å²) in [4.78, 5) is 0. The summed E-state index contributed by atoms with van der Waals surface area (Å²) in [6.07, 6.45) is 8.83. The van der Waals surface area contributed by atoms with Gasteiger partial charge in [-0.25, -0.2) is 0 Å². The fourth-order valence-corrected chi connectivity index (χ4v) is 1.61. The van der Waals surface area contributed by atoms with Crippen molar-refractivity contribution >= 4 is 27.4 Å². The van der Waals surface area contributed by atoms with E-state index in [2.05, 4.69) is 13.5 Å². The maximum absolute atomic E-state index is 3.69. The van der Waals surface area contributed by atoms with Gasteiger partial charge in [0.15, 0.2) is 0 Å². The first-order chi connectivity index (χ1) is 4.41. The van der Waals surface area contributed by atoms with Crippen LogP contribution in [-0.2, 0) is 0 Å². The Balaban J connectivity index is 0. The van der Waals surface area contributed by atoms with Gasteiger partial charge < -0.3 is 0 Å². The summed E-state index contributed by atoms with van der Waals surface area (Å²) in [5.74, 6) is 0. The first-order valence-corrected chi connectivity index (χ1v) is 5.14. The van der Waals surface area contributed by atoms with Crippen LogP contribution < -0.4 is 0 Å². The third-order valence-electron chi connectivity index (χ3n) is 1.25. The molecule has 0 radical (unpaired) electrons. The molecule has 0 fully saturated rings. The van der Waals surface area contributed by atoms with Gasteiger partial charge in [0.05, 0.1) is 0 Å². The molecule has 0 aliphatic rings. The normalized spacial score (nSPS) is 9.70. The molecule has 1 unspecified atom stereocenters. The first-order valence-electron chi connectivity index (χ1n) is 3.73. The Morgan fingerprint density at radius 2 is 2.10 bits per heavy atom. The van der Waals surface area contributed by atoms with Gasteiger partial charge in [0.25, 0.3) is 0 Å². The third kappa shape index (κ3) is 11.5. The van der Waals surface area contributed by atoms with Crippen LogP contribution in [0.15, 0.2) is 12.7 Å². The summed E-state index contributed by atoms with van der Waals surface area (Å²) in [5.41, 5.74) is 0. The third-order valence-corrected chi connectivity index (χ3v) is 2.53. The molecule has 0 nitrogen and oxygen atoms in total. The van der Waals surface area contributed by atoms with E-state index in [0.717, 1.165) is 8.58 Å². The van der Waals surface area contributed by atoms with E-state index < -0.39 is 0 Å². The fourth-order valence-electron chi connectivity index (χ4n) is 0.704. The van der Waals surface area contributed by atoms with Gasteiger partial charge in [0.1, 0.15) is 0 Å². The zero-order valence-electron chi connectivity index (χ0n) is 6.32. The molecular weight excluding hydrogens is 134 g/mol. The van der Waals surface area contributed by atoms with Crippen molar-refractivity contribution in [2.24, 2.45) is 0 Å². The number of hydrogen-bond acceptors (Lipinski definition) is 0. The molecular formula is C8H18LiP. The van der Waals surface area contributed by atoms with Crippen LogP contribution in [0.3, 0.4) is 0 Å². The van der Waals surface area contributed by atoms with Crippen molar-refractivity contribution < 1.29 is 0 Å². The average molecular weight is 152 g/mol. The Morgan fingerprint density at radius 1 is 1.40 bits per heavy atom. The second kappa shape index (κ2) is 12.4. The summed E-state index contributed by atoms with van der Waals surface area (Å²) in [6, 6.07) is 0. The van der Waals surface area contributed by atoms with E-state index in [-0.39, 0.29) is 18.9 Å². The Labute approximate surface area is 78.8 Å². The fraction of sp³-hybridized carbons (Fsp3) is 0.750. The second-order valence-electron chi connectivity index (χ2n) is 2.20. The second-order valence-corrected chi connectivity index (χ2v) is 3.61. The topological polar surface area (TPSA) is 0 Å². The molecule has 10 heavy (non-hydrogen) atoms. The number of hydrogen-bond donors (Lipinski definition) is 0. The molecule has 0 bridgehead atoms. The minimum absolute atomic E-state index is 0. The van der Waals surface area contributed by atoms with E-state index >= 15 is 0 Å². The average Bonchev–Trinajstić information content (AvgIpc) is 1.89. The number of unbranched alkanes of at least 4 members (excludes halogenated alkanes) is 2. The summed E-state index contributed by atoms with van der Waals surface area (Å²) in [6.45, 7) is 5.93. The van der Waals surface area contributed by atoms with Gasteiger partial charge in [-0.3, -0.25) is 0 Å². The molecule has 0 spiro atoms. The predicted octanol–water partition coefficient (Wildman–Crippen LogP) is 2.39. The van der Waals surface area contributed by atoms with Crippen LogP contribution in [0.2, 0.25) is 0 Å². The van der Waals surface area contributed by atoms with Gasteiger partial charge in [0.2, 0.25) is 0 Å². The molecule has 2 heteroatoms. The van der Waals surface area contributed by atoms with Crippen molar-refractivity contribution in [2.45, 2.75) is 26.2 Å². The van der Waals surface area contributed by atoms with E-state index in [1.807, 2.05) is 6.08 Å². The number of allylic oxidation sites excluding steroid dienone is 1. The van der Waals surface area contributed by atoms with Crippen molar-refractivity contribution in [1.29, 1.82) is 0 Å². The van der Waals surface area contributed by atoms with E-state index in [1.54, 1.807) is 0 Å². The molecule has 56 valence electrons. The van der Waals surface area contributed by atoms with Crippen LogP contribution in [0, 0.1) is 0 Å². The van der Waals surface area contributed by atoms with Crippen LogP contribution in [0.5, 0.6) is 0 Å². The number of rotatable bonds is 6. The molecule has 1 atom stereocenters. The molecule has 0 saturated carbocycles. The predicted molar refractivity (Wildman–Crippen MR) is 54.9 cm³/mol. The molecule has 0 N–H and O–H groups in total. The van der Waals surface area contributed by atoms with Crippen LogP contribution >= 0.6 is 8.58 Å². The quantitative estimate of drug-likeness (QED) is 0.237. The summed E-state index contributed by atoms with van der Waals surface area (Å²) in [7, 11) is 1.12. The SMILES string of the molecule is C=CCPCCCCC.[LiH]. The van der Waals surface area contributed by atoms with E-state index in [4.69, 9.17) is 0 Å². The zero-order valence-corrected chi connectivity index (χ0v) is 7.32. The maximum atomic E-state index is 3.69. The molecule has 0 aromatic rings. The Bertz CT molecular complexity index is 64.3. The minimum atomic E-state index is 0. The van der Waals surface area contributed by atoms with Gasteiger partial charge in [0, 0.05) is 0 Å². The van der Waals surface area contributed by atoms with Crippen LogP contribution in [0.25, 0.3) is 0 Å². The van der Waals surface area contributed by atoms with Crippen molar-refractivity contribution in [3.63, 3.8) is 0 Å². The van der Waals surface area contributed by atoms with Crippen molar-refractivity contribution in [3.05, 3.63) is 12.7 Å². The van der Waals surface area contributed by atoms with Crippen LogP contribution in [-0.4, -0.2) is 31.2 Å². The van der Waals surface area contributed by atoms with Crippen LogP contribution in [0.1, 0.15) is 26.2 Å². The van der Waals surface area contributed by atoms with Gasteiger partial charge in [-0.2, -0.15) is 0 Å². The van der Waals surface area contributed by atoms with Crippen molar-refractivity contribution in [3.8, 4) is 0 Å². The standard InChI is InChI=1S/C8H17P.Li.H/c1-3-5-6-8-9-7-4-2;;/h4,9H,2-3,5-8H2,1H3;;. The molecule has 0 aromatic heterocycles. The summed E-state index contributed by atoms with van der Waals surface area (Å²) in [5, 5.41) is 0. The zero-order chi connectivity index (χ0) is 6.95. The molecule has 0 aromatic carbocycles. The monoisotopic (exact) mass is 152 g/mol. The molecule has 0 saturated heterocycles. The van der Waals surface area contributed by atoms with E-state index in [1.165, 1.54) is 31.6 Å². The van der Waals surface area contributed by atoms with Crippen molar-refractivity contribution in [2.75, 3.05) is 12.3 Å². The van der Waals surface area contributed by atoms with Gasteiger partial charge in [-0.1, -0.05) is 25.8 Å². The molecule has 0 heterocycles. The molecule has 0 aliphatic carbocycles. The van der Waals surface area contributed by atoms with Gasteiger partial charge in [-0.15, -0.1) is 15.2 Å². The van der Waals surface area contributed by atoms with E-state index in [0.29, 0.717) is 0 Å². The van der Waals surface area contributed by atoms with Crippen molar-refractivity contribution in [1.82, 2.24) is 0 Å². The summed E-state index contributed by atoms with van der Waals surface area (Å²) < 4.78 is 0. The van der Waals surface area contributed by atoms with E-state index in [9.17, 15) is 0 Å². The van der Waals surface area contributed by atoms with Gasteiger partial charge in [-0.05, 0) is 18.7 Å². The Hall–Kier alpha value is 0.767. The Morgan fingerprint density at radius 3 is 2.60 bits per heavy atom.